The molecule has 0 atom stereocenters. The molecule has 0 saturated carbocycles. The van der Waals surface area contributed by atoms with Crippen LogP contribution in [0.25, 0.3) is 11.5 Å². The number of aromatic nitrogens is 1. The summed E-state index contributed by atoms with van der Waals surface area (Å²) in [5.74, 6) is 0.298. The van der Waals surface area contributed by atoms with Crippen molar-refractivity contribution < 1.29 is 14.1 Å². The van der Waals surface area contributed by atoms with Crippen molar-refractivity contribution in [3.05, 3.63) is 40.1 Å². The summed E-state index contributed by atoms with van der Waals surface area (Å²) in [6.45, 7) is 4.89. The lowest BCUT2D eigenvalue weighted by Gasteiger charge is -2.26. The lowest BCUT2D eigenvalue weighted by molar-refractivity contribution is -0.384. The summed E-state index contributed by atoms with van der Waals surface area (Å²) in [6.07, 6.45) is 0.867. The van der Waals surface area contributed by atoms with Crippen LogP contribution in [0.2, 0.25) is 0 Å². The lowest BCUT2D eigenvalue weighted by atomic mass is 10.2. The summed E-state index contributed by atoms with van der Waals surface area (Å²) in [7, 11) is 0. The molecule has 1 aromatic carbocycles. The number of nitrogens with one attached hydrogen (secondary N) is 1. The predicted octanol–water partition coefficient (Wildman–Crippen LogP) is 2.26. The van der Waals surface area contributed by atoms with Crippen LogP contribution in [0.1, 0.15) is 12.1 Å². The number of oxazole rings is 1. The largest absolute Gasteiger partial charge is 0.419 e. The summed E-state index contributed by atoms with van der Waals surface area (Å²) in [5, 5.41) is 23.5. The van der Waals surface area contributed by atoms with Gasteiger partial charge in [0.2, 0.25) is 17.5 Å². The molecule has 0 spiro atoms. The number of anilines is 1. The number of nitriles is 1. The Kier molecular flexibility index (Phi) is 5.78. The van der Waals surface area contributed by atoms with Gasteiger partial charge in [0, 0.05) is 25.7 Å². The quantitative estimate of drug-likeness (QED) is 0.455. The zero-order chi connectivity index (χ0) is 18.4. The molecule has 1 saturated heterocycles. The van der Waals surface area contributed by atoms with Crippen molar-refractivity contribution in [3.63, 3.8) is 0 Å². The number of benzene rings is 1. The number of hydrogen-bond donors (Lipinski definition) is 1. The van der Waals surface area contributed by atoms with Gasteiger partial charge in [0.05, 0.1) is 18.1 Å². The van der Waals surface area contributed by atoms with Crippen molar-refractivity contribution in [2.75, 3.05) is 44.7 Å². The minimum absolute atomic E-state index is 0.0597. The van der Waals surface area contributed by atoms with E-state index in [1.807, 2.05) is 6.07 Å². The maximum Gasteiger partial charge on any atom is 0.282 e. The average Bonchev–Trinajstić information content (AvgIpc) is 3.09. The maximum absolute atomic E-state index is 11.2. The number of nitro groups is 1. The Hall–Kier alpha value is -2.96. The Morgan fingerprint density at radius 2 is 2.12 bits per heavy atom. The molecule has 3 rings (SSSR count). The van der Waals surface area contributed by atoms with Gasteiger partial charge in [-0.05, 0) is 19.0 Å². The molecule has 9 nitrogen and oxygen atoms in total. The highest BCUT2D eigenvalue weighted by molar-refractivity contribution is 5.68. The molecule has 2 heterocycles. The summed E-state index contributed by atoms with van der Waals surface area (Å²) in [6, 6.07) is 8.12. The van der Waals surface area contributed by atoms with Gasteiger partial charge in [-0.2, -0.15) is 10.2 Å². The van der Waals surface area contributed by atoms with Gasteiger partial charge in [0.25, 0.3) is 5.69 Å². The number of hydrogen-bond acceptors (Lipinski definition) is 8. The zero-order valence-electron chi connectivity index (χ0n) is 14.2. The molecule has 0 radical (unpaired) electrons. The number of nitro benzene ring substituents is 1. The predicted molar refractivity (Wildman–Crippen MR) is 93.7 cm³/mol. The van der Waals surface area contributed by atoms with Crippen molar-refractivity contribution >= 4 is 11.6 Å². The second kappa shape index (κ2) is 8.42. The summed E-state index contributed by atoms with van der Waals surface area (Å²) >= 11 is 0. The van der Waals surface area contributed by atoms with E-state index in [1.54, 1.807) is 18.2 Å². The third-order valence-electron chi connectivity index (χ3n) is 4.10. The van der Waals surface area contributed by atoms with Gasteiger partial charge in [-0.25, -0.2) is 0 Å². The van der Waals surface area contributed by atoms with E-state index in [9.17, 15) is 15.4 Å². The van der Waals surface area contributed by atoms with Gasteiger partial charge >= 0.3 is 0 Å². The van der Waals surface area contributed by atoms with E-state index in [2.05, 4.69) is 15.2 Å². The number of morpholine rings is 1. The van der Waals surface area contributed by atoms with Gasteiger partial charge in [-0.1, -0.05) is 12.1 Å². The Morgan fingerprint density at radius 1 is 1.35 bits per heavy atom. The van der Waals surface area contributed by atoms with Gasteiger partial charge < -0.3 is 14.5 Å². The van der Waals surface area contributed by atoms with Crippen LogP contribution in [0.5, 0.6) is 0 Å². The molecule has 2 aromatic rings. The van der Waals surface area contributed by atoms with Gasteiger partial charge in [-0.15, -0.1) is 0 Å². The molecule has 0 amide bonds. The summed E-state index contributed by atoms with van der Waals surface area (Å²) in [5.41, 5.74) is 0.219. The molecule has 136 valence electrons. The van der Waals surface area contributed by atoms with E-state index in [1.165, 1.54) is 6.07 Å². The van der Waals surface area contributed by atoms with E-state index in [-0.39, 0.29) is 28.7 Å². The zero-order valence-corrected chi connectivity index (χ0v) is 14.2. The Labute approximate surface area is 150 Å². The van der Waals surface area contributed by atoms with Crippen molar-refractivity contribution in [2.45, 2.75) is 6.42 Å². The number of para-hydroxylation sites is 1. The second-order valence-electron chi connectivity index (χ2n) is 5.82. The highest BCUT2D eigenvalue weighted by Gasteiger charge is 2.21. The third kappa shape index (κ3) is 4.17. The number of nitrogens with zero attached hydrogens (tertiary/aromatic N) is 4. The fourth-order valence-electron chi connectivity index (χ4n) is 2.77. The SMILES string of the molecule is N#Cc1nc(-c2ccccc2[N+](=O)[O-])oc1NCCCN1CCOCC1. The van der Waals surface area contributed by atoms with Crippen molar-refractivity contribution in [1.29, 1.82) is 5.26 Å². The molecule has 26 heavy (non-hydrogen) atoms. The lowest BCUT2D eigenvalue weighted by Crippen LogP contribution is -2.37. The summed E-state index contributed by atoms with van der Waals surface area (Å²) in [4.78, 5) is 17.1. The number of rotatable bonds is 7. The molecule has 1 N–H and O–H groups in total. The van der Waals surface area contributed by atoms with E-state index in [4.69, 9.17) is 9.15 Å². The van der Waals surface area contributed by atoms with Crippen molar-refractivity contribution in [1.82, 2.24) is 9.88 Å². The first-order chi connectivity index (χ1) is 12.7. The molecule has 1 aliphatic rings. The molecular formula is C17H19N5O4. The Morgan fingerprint density at radius 3 is 2.85 bits per heavy atom. The molecule has 1 aromatic heterocycles. The molecule has 0 bridgehead atoms. The minimum Gasteiger partial charge on any atom is -0.419 e. The third-order valence-corrected chi connectivity index (χ3v) is 4.10. The molecule has 1 fully saturated rings. The molecular weight excluding hydrogens is 338 g/mol. The van der Waals surface area contributed by atoms with Crippen LogP contribution in [0.15, 0.2) is 28.7 Å². The minimum atomic E-state index is -0.499. The Bertz CT molecular complexity index is 808. The normalized spacial score (nSPS) is 14.7. The monoisotopic (exact) mass is 357 g/mol. The van der Waals surface area contributed by atoms with Crippen molar-refractivity contribution in [3.8, 4) is 17.5 Å². The van der Waals surface area contributed by atoms with Gasteiger partial charge in [0.15, 0.2) is 0 Å². The van der Waals surface area contributed by atoms with Crippen molar-refractivity contribution in [2.24, 2.45) is 0 Å². The van der Waals surface area contributed by atoms with E-state index in [0.717, 1.165) is 39.3 Å². The van der Waals surface area contributed by atoms with Crippen LogP contribution in [-0.4, -0.2) is 54.2 Å². The topological polar surface area (TPSA) is 117 Å². The van der Waals surface area contributed by atoms with Gasteiger partial charge in [-0.3, -0.25) is 15.0 Å². The van der Waals surface area contributed by atoms with E-state index >= 15 is 0 Å². The summed E-state index contributed by atoms with van der Waals surface area (Å²) < 4.78 is 10.9. The first kappa shape index (κ1) is 17.8. The standard InChI is InChI=1S/C17H19N5O4/c18-12-14-17(19-6-3-7-21-8-10-25-11-9-21)26-16(20-14)13-4-1-2-5-15(13)22(23)24/h1-2,4-5,19H,3,6-11H2. The fourth-order valence-corrected chi connectivity index (χ4v) is 2.77. The molecule has 9 heteroatoms. The number of ether oxygens (including phenoxy) is 1. The van der Waals surface area contributed by atoms with E-state index < -0.39 is 4.92 Å². The van der Waals surface area contributed by atoms with E-state index in [0.29, 0.717) is 6.54 Å². The average molecular weight is 357 g/mol. The van der Waals surface area contributed by atoms with Gasteiger partial charge in [0.1, 0.15) is 11.6 Å². The second-order valence-corrected chi connectivity index (χ2v) is 5.82. The molecule has 0 aliphatic carbocycles. The Balaban J connectivity index is 1.66. The first-order valence-corrected chi connectivity index (χ1v) is 8.37. The van der Waals surface area contributed by atoms with Crippen LogP contribution in [0, 0.1) is 21.4 Å². The molecule has 0 unspecified atom stereocenters. The fraction of sp³-hybridized carbons (Fsp3) is 0.412. The van der Waals surface area contributed by atoms with Crippen LogP contribution >= 0.6 is 0 Å². The highest BCUT2D eigenvalue weighted by atomic mass is 16.6. The van der Waals surface area contributed by atoms with Crippen LogP contribution in [0.4, 0.5) is 11.6 Å². The highest BCUT2D eigenvalue weighted by Crippen LogP contribution is 2.31. The molecule has 1 aliphatic heterocycles. The van der Waals surface area contributed by atoms with Crippen LogP contribution < -0.4 is 5.32 Å². The smallest absolute Gasteiger partial charge is 0.282 e. The maximum atomic E-state index is 11.2. The first-order valence-electron chi connectivity index (χ1n) is 8.37. The van der Waals surface area contributed by atoms with Crippen LogP contribution in [0.3, 0.4) is 0 Å². The van der Waals surface area contributed by atoms with Crippen LogP contribution in [-0.2, 0) is 4.74 Å².